The van der Waals surface area contributed by atoms with Crippen LogP contribution in [0.4, 0.5) is 10.1 Å². The zero-order chi connectivity index (χ0) is 16.6. The van der Waals surface area contributed by atoms with Gasteiger partial charge in [-0.1, -0.05) is 0 Å². The summed E-state index contributed by atoms with van der Waals surface area (Å²) >= 11 is 8.64. The molecular weight excluding hydrogens is 383 g/mol. The third-order valence-electron chi connectivity index (χ3n) is 3.38. The number of carbonyl (C=O) groups is 1. The van der Waals surface area contributed by atoms with Crippen molar-refractivity contribution >= 4 is 50.9 Å². The Labute approximate surface area is 145 Å². The van der Waals surface area contributed by atoms with Gasteiger partial charge in [0.05, 0.1) is 22.1 Å². The predicted octanol–water partition coefficient (Wildman–Crippen LogP) is 3.07. The Morgan fingerprint density at radius 2 is 2.09 bits per heavy atom. The summed E-state index contributed by atoms with van der Waals surface area (Å²) in [5.41, 5.74) is 1.63. The summed E-state index contributed by atoms with van der Waals surface area (Å²) in [7, 11) is 0. The molecule has 5 nitrogen and oxygen atoms in total. The van der Waals surface area contributed by atoms with Crippen LogP contribution in [0.1, 0.15) is 12.6 Å². The van der Waals surface area contributed by atoms with E-state index in [-0.39, 0.29) is 16.8 Å². The van der Waals surface area contributed by atoms with E-state index in [0.717, 1.165) is 10.2 Å². The first-order valence-electron chi connectivity index (χ1n) is 6.85. The number of halogens is 2. The van der Waals surface area contributed by atoms with Gasteiger partial charge < -0.3 is 5.32 Å². The van der Waals surface area contributed by atoms with Crippen LogP contribution in [0.15, 0.2) is 40.6 Å². The van der Waals surface area contributed by atoms with E-state index in [9.17, 15) is 9.18 Å². The van der Waals surface area contributed by atoms with E-state index >= 15 is 0 Å². The number of anilines is 1. The summed E-state index contributed by atoms with van der Waals surface area (Å²) in [6, 6.07) is 5.60. The molecule has 3 rings (SSSR count). The lowest BCUT2D eigenvalue weighted by molar-refractivity contribution is -0.113. The maximum Gasteiger partial charge on any atom is 0.281 e. The molecule has 0 aliphatic carbocycles. The molecule has 1 aliphatic rings. The van der Waals surface area contributed by atoms with Crippen LogP contribution in [0.3, 0.4) is 0 Å². The number of rotatable bonds is 3. The first-order chi connectivity index (χ1) is 11.0. The highest BCUT2D eigenvalue weighted by atomic mass is 79.9. The fraction of sp³-hybridized carbons (Fsp3) is 0.133. The van der Waals surface area contributed by atoms with E-state index in [1.165, 1.54) is 29.2 Å². The average Bonchev–Trinajstić information content (AvgIpc) is 3.02. The topological polar surface area (TPSA) is 50.2 Å². The van der Waals surface area contributed by atoms with Crippen molar-refractivity contribution in [2.24, 2.45) is 0 Å². The van der Waals surface area contributed by atoms with Crippen LogP contribution < -0.4 is 10.2 Å². The standard InChI is InChI=1S/C15H12BrFN4OS/c1-2-20-13(11(16)8-18-20)7-12-14(22)21(15(23)19-12)10-5-3-9(17)4-6-10/h3-8H,2H2,1H3,(H,19,23)/b12-7+. The van der Waals surface area contributed by atoms with Crippen molar-refractivity contribution in [1.29, 1.82) is 0 Å². The first-order valence-corrected chi connectivity index (χ1v) is 8.05. The minimum absolute atomic E-state index is 0.256. The van der Waals surface area contributed by atoms with Crippen molar-refractivity contribution in [2.45, 2.75) is 13.5 Å². The Kier molecular flexibility index (Phi) is 4.27. The van der Waals surface area contributed by atoms with Gasteiger partial charge in [0.1, 0.15) is 11.5 Å². The largest absolute Gasteiger partial charge is 0.327 e. The molecule has 2 heterocycles. The molecule has 0 bridgehead atoms. The van der Waals surface area contributed by atoms with Crippen LogP contribution in [-0.4, -0.2) is 20.8 Å². The van der Waals surface area contributed by atoms with Crippen molar-refractivity contribution in [2.75, 3.05) is 4.90 Å². The SMILES string of the molecule is CCn1ncc(Br)c1/C=C1/NC(=S)N(c2ccc(F)cc2)C1=O. The van der Waals surface area contributed by atoms with E-state index in [1.54, 1.807) is 17.0 Å². The Hall–Kier alpha value is -2.06. The number of aryl methyl sites for hydroxylation is 1. The minimum Gasteiger partial charge on any atom is -0.327 e. The Balaban J connectivity index is 1.96. The lowest BCUT2D eigenvalue weighted by atomic mass is 10.2. The second-order valence-corrected chi connectivity index (χ2v) is 6.04. The second-order valence-electron chi connectivity index (χ2n) is 4.80. The third-order valence-corrected chi connectivity index (χ3v) is 4.27. The van der Waals surface area contributed by atoms with Gasteiger partial charge in [-0.2, -0.15) is 5.10 Å². The van der Waals surface area contributed by atoms with E-state index in [4.69, 9.17) is 12.2 Å². The van der Waals surface area contributed by atoms with Gasteiger partial charge in [0.25, 0.3) is 5.91 Å². The average molecular weight is 395 g/mol. The van der Waals surface area contributed by atoms with Crippen LogP contribution in [0.5, 0.6) is 0 Å². The fourth-order valence-corrected chi connectivity index (χ4v) is 2.97. The molecule has 0 spiro atoms. The van der Waals surface area contributed by atoms with Gasteiger partial charge in [0.15, 0.2) is 5.11 Å². The summed E-state index contributed by atoms with van der Waals surface area (Å²) in [5.74, 6) is -0.664. The maximum absolute atomic E-state index is 13.0. The number of thiocarbonyl (C=S) groups is 1. The van der Waals surface area contributed by atoms with Crippen molar-refractivity contribution in [3.8, 4) is 0 Å². The number of nitrogens with zero attached hydrogens (tertiary/aromatic N) is 3. The van der Waals surface area contributed by atoms with E-state index in [1.807, 2.05) is 6.92 Å². The molecule has 0 atom stereocenters. The maximum atomic E-state index is 13.0. The Morgan fingerprint density at radius 3 is 2.74 bits per heavy atom. The monoisotopic (exact) mass is 394 g/mol. The molecule has 2 aromatic rings. The van der Waals surface area contributed by atoms with Crippen molar-refractivity contribution in [1.82, 2.24) is 15.1 Å². The predicted molar refractivity (Wildman–Crippen MR) is 93.2 cm³/mol. The number of carbonyl (C=O) groups excluding carboxylic acids is 1. The number of nitrogens with one attached hydrogen (secondary N) is 1. The van der Waals surface area contributed by atoms with E-state index < -0.39 is 0 Å². The van der Waals surface area contributed by atoms with Crippen LogP contribution in [0.25, 0.3) is 6.08 Å². The van der Waals surface area contributed by atoms with Crippen LogP contribution in [0.2, 0.25) is 0 Å². The second kappa shape index (κ2) is 6.21. The third kappa shape index (κ3) is 2.91. The molecule has 1 aromatic carbocycles. The molecule has 1 fully saturated rings. The molecule has 1 saturated heterocycles. The summed E-state index contributed by atoms with van der Waals surface area (Å²) in [4.78, 5) is 13.9. The molecule has 8 heteroatoms. The van der Waals surface area contributed by atoms with Crippen molar-refractivity contribution < 1.29 is 9.18 Å². The molecule has 1 aromatic heterocycles. The van der Waals surface area contributed by atoms with Crippen molar-refractivity contribution in [3.05, 3.63) is 52.1 Å². The summed E-state index contributed by atoms with van der Waals surface area (Å²) in [5, 5.41) is 7.36. The molecule has 0 unspecified atom stereocenters. The smallest absolute Gasteiger partial charge is 0.281 e. The van der Waals surface area contributed by atoms with Crippen LogP contribution in [-0.2, 0) is 11.3 Å². The normalized spacial score (nSPS) is 16.3. The highest BCUT2D eigenvalue weighted by Crippen LogP contribution is 2.25. The van der Waals surface area contributed by atoms with Crippen molar-refractivity contribution in [3.63, 3.8) is 0 Å². The Bertz CT molecular complexity index is 815. The van der Waals surface area contributed by atoms with Gasteiger partial charge in [0, 0.05) is 6.54 Å². The van der Waals surface area contributed by atoms with Crippen LogP contribution >= 0.6 is 28.1 Å². The minimum atomic E-state index is -0.370. The number of amides is 1. The molecule has 1 N–H and O–H groups in total. The molecule has 1 amide bonds. The molecule has 0 radical (unpaired) electrons. The van der Waals surface area contributed by atoms with Gasteiger partial charge in [-0.05, 0) is 65.4 Å². The number of hydrogen-bond donors (Lipinski definition) is 1. The molecule has 0 saturated carbocycles. The fourth-order valence-electron chi connectivity index (χ4n) is 2.26. The highest BCUT2D eigenvalue weighted by molar-refractivity contribution is 9.10. The van der Waals surface area contributed by atoms with Gasteiger partial charge in [-0.15, -0.1) is 0 Å². The lowest BCUT2D eigenvalue weighted by Gasteiger charge is -2.13. The van der Waals surface area contributed by atoms with Gasteiger partial charge in [-0.3, -0.25) is 14.4 Å². The quantitative estimate of drug-likeness (QED) is 0.641. The van der Waals surface area contributed by atoms with Gasteiger partial charge in [0.2, 0.25) is 0 Å². The Morgan fingerprint density at radius 1 is 1.39 bits per heavy atom. The van der Waals surface area contributed by atoms with Gasteiger partial charge >= 0.3 is 0 Å². The van der Waals surface area contributed by atoms with Gasteiger partial charge in [-0.25, -0.2) is 4.39 Å². The summed E-state index contributed by atoms with van der Waals surface area (Å²) in [6.07, 6.45) is 3.37. The lowest BCUT2D eigenvalue weighted by Crippen LogP contribution is -2.30. The summed E-state index contributed by atoms with van der Waals surface area (Å²) < 4.78 is 15.6. The van der Waals surface area contributed by atoms with Crippen LogP contribution in [0, 0.1) is 5.82 Å². The van der Waals surface area contributed by atoms with E-state index in [2.05, 4.69) is 26.3 Å². The van der Waals surface area contributed by atoms with E-state index in [0.29, 0.717) is 17.9 Å². The molecular formula is C15H12BrFN4OS. The number of hydrogen-bond acceptors (Lipinski definition) is 3. The molecule has 118 valence electrons. The molecule has 23 heavy (non-hydrogen) atoms. The molecule has 1 aliphatic heterocycles. The zero-order valence-corrected chi connectivity index (χ0v) is 14.5. The highest BCUT2D eigenvalue weighted by Gasteiger charge is 2.32. The number of benzene rings is 1. The first kappa shape index (κ1) is 15.8. The zero-order valence-electron chi connectivity index (χ0n) is 12.1. The summed E-state index contributed by atoms with van der Waals surface area (Å²) in [6.45, 7) is 2.63. The number of aromatic nitrogens is 2.